The fraction of sp³-hybridized carbons (Fsp3) is 0.500. The summed E-state index contributed by atoms with van der Waals surface area (Å²) in [6, 6.07) is 4.63. The van der Waals surface area contributed by atoms with Gasteiger partial charge in [-0.1, -0.05) is 11.6 Å². The van der Waals surface area contributed by atoms with Gasteiger partial charge in [-0.2, -0.15) is 11.8 Å². The van der Waals surface area contributed by atoms with E-state index in [4.69, 9.17) is 16.7 Å². The Morgan fingerprint density at radius 1 is 1.47 bits per heavy atom. The molecule has 1 aromatic rings. The molecule has 2 unspecified atom stereocenters. The Labute approximate surface area is 111 Å². The topological polar surface area (TPSA) is 32.3 Å². The summed E-state index contributed by atoms with van der Waals surface area (Å²) in [5.41, 5.74) is 0.805. The zero-order valence-electron chi connectivity index (χ0n) is 9.91. The van der Waals surface area contributed by atoms with Crippen LogP contribution in [0, 0.1) is 5.82 Å². The van der Waals surface area contributed by atoms with Crippen molar-refractivity contribution in [2.24, 2.45) is 0 Å². The van der Waals surface area contributed by atoms with Crippen molar-refractivity contribution >= 4 is 23.4 Å². The highest BCUT2D eigenvalue weighted by atomic mass is 35.5. The standard InChI is InChI=1S/C12H17ClFNOS/c1-8(12(7-16)17-2)15-6-9-3-10(13)5-11(14)4-9/h3-5,8,12,15-16H,6-7H2,1-2H3. The number of rotatable bonds is 6. The number of halogens is 2. The van der Waals surface area contributed by atoms with Crippen molar-refractivity contribution in [3.63, 3.8) is 0 Å². The van der Waals surface area contributed by atoms with Gasteiger partial charge < -0.3 is 10.4 Å². The highest BCUT2D eigenvalue weighted by Gasteiger charge is 2.14. The zero-order chi connectivity index (χ0) is 12.8. The summed E-state index contributed by atoms with van der Waals surface area (Å²) in [7, 11) is 0. The summed E-state index contributed by atoms with van der Waals surface area (Å²) < 4.78 is 13.1. The number of hydrogen-bond donors (Lipinski definition) is 2. The van der Waals surface area contributed by atoms with E-state index in [1.54, 1.807) is 17.8 Å². The van der Waals surface area contributed by atoms with Gasteiger partial charge >= 0.3 is 0 Å². The molecule has 96 valence electrons. The van der Waals surface area contributed by atoms with Crippen LogP contribution in [0.4, 0.5) is 4.39 Å². The Morgan fingerprint density at radius 3 is 2.71 bits per heavy atom. The van der Waals surface area contributed by atoms with Crippen LogP contribution in [0.15, 0.2) is 18.2 Å². The lowest BCUT2D eigenvalue weighted by Gasteiger charge is -2.21. The molecule has 0 bridgehead atoms. The van der Waals surface area contributed by atoms with Gasteiger partial charge in [0.25, 0.3) is 0 Å². The van der Waals surface area contributed by atoms with Gasteiger partial charge in [-0.25, -0.2) is 4.39 Å². The molecule has 0 amide bonds. The fourth-order valence-electron chi connectivity index (χ4n) is 1.56. The molecule has 0 saturated heterocycles. The molecule has 5 heteroatoms. The first-order valence-electron chi connectivity index (χ1n) is 5.38. The number of nitrogens with one attached hydrogen (secondary N) is 1. The van der Waals surface area contributed by atoms with E-state index in [2.05, 4.69) is 5.32 Å². The molecule has 0 saturated carbocycles. The minimum absolute atomic E-state index is 0.124. The van der Waals surface area contributed by atoms with E-state index in [1.807, 2.05) is 13.2 Å². The Balaban J connectivity index is 2.55. The van der Waals surface area contributed by atoms with Crippen LogP contribution in [0.2, 0.25) is 5.02 Å². The lowest BCUT2D eigenvalue weighted by Crippen LogP contribution is -2.37. The molecule has 1 aromatic carbocycles. The van der Waals surface area contributed by atoms with E-state index in [0.717, 1.165) is 5.56 Å². The summed E-state index contributed by atoms with van der Waals surface area (Å²) in [5, 5.41) is 12.9. The van der Waals surface area contributed by atoms with Crippen LogP contribution in [0.25, 0.3) is 0 Å². The van der Waals surface area contributed by atoms with E-state index >= 15 is 0 Å². The first-order valence-corrected chi connectivity index (χ1v) is 7.05. The molecule has 0 aliphatic carbocycles. The summed E-state index contributed by atoms with van der Waals surface area (Å²) in [4.78, 5) is 0. The molecule has 0 radical (unpaired) electrons. The second kappa shape index (κ2) is 7.21. The Hall–Kier alpha value is -0.290. The number of thioether (sulfide) groups is 1. The van der Waals surface area contributed by atoms with Gasteiger partial charge in [0, 0.05) is 22.9 Å². The molecule has 0 fully saturated rings. The van der Waals surface area contributed by atoms with Gasteiger partial charge in [0.05, 0.1) is 6.61 Å². The van der Waals surface area contributed by atoms with E-state index < -0.39 is 0 Å². The van der Waals surface area contributed by atoms with Gasteiger partial charge in [0.1, 0.15) is 5.82 Å². The second-order valence-corrected chi connectivity index (χ2v) is 5.42. The molecule has 1 rings (SSSR count). The first-order chi connectivity index (χ1) is 8.06. The lowest BCUT2D eigenvalue weighted by atomic mass is 10.2. The summed E-state index contributed by atoms with van der Waals surface area (Å²) in [5.74, 6) is -0.328. The molecule has 17 heavy (non-hydrogen) atoms. The molecule has 2 N–H and O–H groups in total. The van der Waals surface area contributed by atoms with Gasteiger partial charge in [-0.05, 0) is 36.9 Å². The monoisotopic (exact) mass is 277 g/mol. The first kappa shape index (κ1) is 14.8. The van der Waals surface area contributed by atoms with Crippen molar-refractivity contribution in [3.05, 3.63) is 34.6 Å². The Bertz CT molecular complexity index is 340. The molecular formula is C12H17ClFNOS. The van der Waals surface area contributed by atoms with Crippen molar-refractivity contribution in [2.45, 2.75) is 24.8 Å². The van der Waals surface area contributed by atoms with Crippen molar-refractivity contribution < 1.29 is 9.50 Å². The van der Waals surface area contributed by atoms with Crippen molar-refractivity contribution in [1.82, 2.24) is 5.32 Å². The maximum atomic E-state index is 13.1. The predicted molar refractivity (Wildman–Crippen MR) is 72.1 cm³/mol. The van der Waals surface area contributed by atoms with Crippen molar-refractivity contribution in [3.8, 4) is 0 Å². The molecule has 0 aliphatic rings. The minimum atomic E-state index is -0.328. The highest BCUT2D eigenvalue weighted by molar-refractivity contribution is 7.99. The number of benzene rings is 1. The van der Waals surface area contributed by atoms with Crippen molar-refractivity contribution in [2.75, 3.05) is 12.9 Å². The number of aliphatic hydroxyl groups is 1. The molecule has 2 atom stereocenters. The lowest BCUT2D eigenvalue weighted by molar-refractivity contribution is 0.276. The number of hydrogen-bond acceptors (Lipinski definition) is 3. The molecule has 0 spiro atoms. The highest BCUT2D eigenvalue weighted by Crippen LogP contribution is 2.15. The molecular weight excluding hydrogens is 261 g/mol. The van der Waals surface area contributed by atoms with Gasteiger partial charge in [0.15, 0.2) is 0 Å². The van der Waals surface area contributed by atoms with Crippen LogP contribution in [-0.4, -0.2) is 29.3 Å². The van der Waals surface area contributed by atoms with E-state index in [1.165, 1.54) is 12.1 Å². The normalized spacial score (nSPS) is 14.6. The summed E-state index contributed by atoms with van der Waals surface area (Å²) in [6.45, 7) is 2.66. The molecule has 0 aromatic heterocycles. The van der Waals surface area contributed by atoms with Gasteiger partial charge in [-0.15, -0.1) is 0 Å². The SMILES string of the molecule is CSC(CO)C(C)NCc1cc(F)cc(Cl)c1. The van der Waals surface area contributed by atoms with Gasteiger partial charge in [-0.3, -0.25) is 0 Å². The Morgan fingerprint density at radius 2 is 2.18 bits per heavy atom. The molecule has 2 nitrogen and oxygen atoms in total. The number of aliphatic hydroxyl groups excluding tert-OH is 1. The Kier molecular flexibility index (Phi) is 6.27. The summed E-state index contributed by atoms with van der Waals surface area (Å²) >= 11 is 7.38. The minimum Gasteiger partial charge on any atom is -0.395 e. The second-order valence-electron chi connectivity index (χ2n) is 3.90. The third-order valence-corrected chi connectivity index (χ3v) is 3.97. The molecule has 0 aliphatic heterocycles. The largest absolute Gasteiger partial charge is 0.395 e. The van der Waals surface area contributed by atoms with E-state index in [0.29, 0.717) is 11.6 Å². The summed E-state index contributed by atoms with van der Waals surface area (Å²) in [6.07, 6.45) is 1.96. The van der Waals surface area contributed by atoms with E-state index in [-0.39, 0.29) is 23.7 Å². The van der Waals surface area contributed by atoms with Crippen LogP contribution in [0.3, 0.4) is 0 Å². The van der Waals surface area contributed by atoms with Crippen molar-refractivity contribution in [1.29, 1.82) is 0 Å². The average molecular weight is 278 g/mol. The molecule has 0 heterocycles. The zero-order valence-corrected chi connectivity index (χ0v) is 11.5. The van der Waals surface area contributed by atoms with Gasteiger partial charge in [0.2, 0.25) is 0 Å². The third-order valence-electron chi connectivity index (χ3n) is 2.59. The quantitative estimate of drug-likeness (QED) is 0.839. The van der Waals surface area contributed by atoms with E-state index in [9.17, 15) is 4.39 Å². The fourth-order valence-corrected chi connectivity index (χ4v) is 2.46. The van der Waals surface area contributed by atoms with Crippen LogP contribution in [-0.2, 0) is 6.54 Å². The smallest absolute Gasteiger partial charge is 0.125 e. The average Bonchev–Trinajstić information content (AvgIpc) is 2.27. The maximum Gasteiger partial charge on any atom is 0.125 e. The maximum absolute atomic E-state index is 13.1. The predicted octanol–water partition coefficient (Wildman–Crippen LogP) is 2.68. The van der Waals surface area contributed by atoms with Crippen LogP contribution in [0.5, 0.6) is 0 Å². The van der Waals surface area contributed by atoms with Crippen LogP contribution >= 0.6 is 23.4 Å². The third kappa shape index (κ3) is 4.84. The van der Waals surface area contributed by atoms with Crippen LogP contribution in [0.1, 0.15) is 12.5 Å². The van der Waals surface area contributed by atoms with Crippen LogP contribution < -0.4 is 5.32 Å².